The van der Waals surface area contributed by atoms with E-state index in [-0.39, 0.29) is 0 Å². The molecular weight excluding hydrogens is 555 g/mol. The lowest BCUT2D eigenvalue weighted by molar-refractivity contribution is 0.111. The summed E-state index contributed by atoms with van der Waals surface area (Å²) >= 11 is 4.30. The van der Waals surface area contributed by atoms with E-state index in [0.29, 0.717) is 14.6 Å². The number of nitrogens with zero attached hydrogens (tertiary/aromatic N) is 1. The first kappa shape index (κ1) is 25.8. The van der Waals surface area contributed by atoms with Crippen LogP contribution in [0.2, 0.25) is 0 Å². The van der Waals surface area contributed by atoms with Gasteiger partial charge in [-0.1, -0.05) is 36.4 Å². The summed E-state index contributed by atoms with van der Waals surface area (Å²) in [5, 5.41) is 5.78. The van der Waals surface area contributed by atoms with Gasteiger partial charge in [-0.05, 0) is 87.4 Å². The summed E-state index contributed by atoms with van der Waals surface area (Å²) < 4.78 is 0. The predicted molar refractivity (Wildman–Crippen MR) is 167 cm³/mol. The molecule has 3 heterocycles. The van der Waals surface area contributed by atoms with Gasteiger partial charge in [-0.25, -0.2) is 0 Å². The molecule has 0 unspecified atom stereocenters. The maximum Gasteiger partial charge on any atom is 0.160 e. The first-order valence-corrected chi connectivity index (χ1v) is 15.0. The van der Waals surface area contributed by atoms with Crippen molar-refractivity contribution in [2.75, 3.05) is 4.90 Å². The van der Waals surface area contributed by atoms with Crippen LogP contribution in [0.15, 0.2) is 107 Å². The van der Waals surface area contributed by atoms with Crippen LogP contribution in [0.5, 0.6) is 0 Å². The Morgan fingerprint density at radius 1 is 0.400 bits per heavy atom. The molecule has 0 bridgehead atoms. The standard InChI is InChI=1S/C33H21NO3S3/c35-19-31-28(13-16-38-31)22-1-7-25(8-2-22)34(26-9-3-23(4-10-26)29-14-17-39-32(29)20-36)27-11-5-24(6-12-27)30-15-18-40-33(30)21-37/h1-21H. The van der Waals surface area contributed by atoms with Gasteiger partial charge in [0.05, 0.1) is 14.6 Å². The highest BCUT2D eigenvalue weighted by atomic mass is 32.1. The molecule has 0 saturated heterocycles. The molecular formula is C33H21NO3S3. The molecule has 0 aliphatic carbocycles. The molecule has 194 valence electrons. The highest BCUT2D eigenvalue weighted by Gasteiger charge is 2.16. The van der Waals surface area contributed by atoms with Gasteiger partial charge < -0.3 is 4.90 Å². The van der Waals surface area contributed by atoms with E-state index in [1.54, 1.807) is 0 Å². The smallest absolute Gasteiger partial charge is 0.160 e. The number of hydrogen-bond donors (Lipinski definition) is 0. The van der Waals surface area contributed by atoms with Gasteiger partial charge in [-0.3, -0.25) is 14.4 Å². The number of benzene rings is 3. The zero-order valence-electron chi connectivity index (χ0n) is 21.0. The normalized spacial score (nSPS) is 10.8. The number of anilines is 3. The van der Waals surface area contributed by atoms with Crippen LogP contribution in [-0.2, 0) is 0 Å². The molecule has 4 nitrogen and oxygen atoms in total. The van der Waals surface area contributed by atoms with Crippen LogP contribution in [0.4, 0.5) is 17.1 Å². The van der Waals surface area contributed by atoms with Gasteiger partial charge in [-0.2, -0.15) is 0 Å². The molecule has 0 N–H and O–H groups in total. The molecule has 0 radical (unpaired) electrons. The minimum atomic E-state index is 0.710. The molecule has 0 aliphatic heterocycles. The number of carbonyl (C=O) groups excluding carboxylic acids is 3. The Morgan fingerprint density at radius 3 is 0.925 bits per heavy atom. The Morgan fingerprint density at radius 2 is 0.675 bits per heavy atom. The van der Waals surface area contributed by atoms with Crippen LogP contribution in [0, 0.1) is 0 Å². The molecule has 0 aliphatic rings. The van der Waals surface area contributed by atoms with E-state index in [1.165, 1.54) is 34.0 Å². The fourth-order valence-corrected chi connectivity index (χ4v) is 6.93. The maximum absolute atomic E-state index is 11.5. The van der Waals surface area contributed by atoms with Crippen molar-refractivity contribution in [2.45, 2.75) is 0 Å². The van der Waals surface area contributed by atoms with Gasteiger partial charge in [0.15, 0.2) is 18.9 Å². The van der Waals surface area contributed by atoms with E-state index < -0.39 is 0 Å². The first-order valence-electron chi connectivity index (χ1n) is 12.4. The SMILES string of the molecule is O=Cc1sccc1-c1ccc(N(c2ccc(-c3ccsc3C=O)cc2)c2ccc(-c3ccsc3C=O)cc2)cc1. The summed E-state index contributed by atoms with van der Waals surface area (Å²) in [6, 6.07) is 30.4. The van der Waals surface area contributed by atoms with Crippen LogP contribution in [0.1, 0.15) is 29.0 Å². The lowest BCUT2D eigenvalue weighted by atomic mass is 10.0. The Bertz CT molecular complexity index is 1580. The molecule has 3 aromatic heterocycles. The second-order valence-electron chi connectivity index (χ2n) is 8.93. The third-order valence-corrected chi connectivity index (χ3v) is 9.24. The number of hydrogen-bond acceptors (Lipinski definition) is 7. The molecule has 0 amide bonds. The van der Waals surface area contributed by atoms with Crippen LogP contribution < -0.4 is 4.90 Å². The zero-order chi connectivity index (χ0) is 27.5. The van der Waals surface area contributed by atoms with Crippen LogP contribution >= 0.6 is 34.0 Å². The van der Waals surface area contributed by atoms with Crippen molar-refractivity contribution in [3.63, 3.8) is 0 Å². The fourth-order valence-electron chi connectivity index (χ4n) is 4.77. The Balaban J connectivity index is 1.40. The van der Waals surface area contributed by atoms with Crippen LogP contribution in [0.3, 0.4) is 0 Å². The van der Waals surface area contributed by atoms with Crippen molar-refractivity contribution < 1.29 is 14.4 Å². The average Bonchev–Trinajstić information content (AvgIpc) is 3.79. The third-order valence-electron chi connectivity index (χ3n) is 6.72. The molecule has 0 saturated carbocycles. The second-order valence-corrected chi connectivity index (χ2v) is 11.8. The summed E-state index contributed by atoms with van der Waals surface area (Å²) in [5.74, 6) is 0. The molecule has 6 aromatic rings. The van der Waals surface area contributed by atoms with Crippen molar-refractivity contribution in [2.24, 2.45) is 0 Å². The Kier molecular flexibility index (Phi) is 7.33. The Labute approximate surface area is 243 Å². The molecule has 0 spiro atoms. The van der Waals surface area contributed by atoms with E-state index in [2.05, 4.69) is 41.3 Å². The van der Waals surface area contributed by atoms with E-state index in [4.69, 9.17) is 0 Å². The van der Waals surface area contributed by atoms with E-state index >= 15 is 0 Å². The summed E-state index contributed by atoms with van der Waals surface area (Å²) in [5.41, 5.74) is 8.60. The summed E-state index contributed by atoms with van der Waals surface area (Å²) in [6.07, 6.45) is 2.70. The number of aldehydes is 3. The summed E-state index contributed by atoms with van der Waals surface area (Å²) in [7, 11) is 0. The van der Waals surface area contributed by atoms with Crippen molar-refractivity contribution in [1.29, 1.82) is 0 Å². The number of thiophene rings is 3. The monoisotopic (exact) mass is 575 g/mol. The molecule has 0 fully saturated rings. The largest absolute Gasteiger partial charge is 0.311 e. The van der Waals surface area contributed by atoms with Gasteiger partial charge in [0.25, 0.3) is 0 Å². The summed E-state index contributed by atoms with van der Waals surface area (Å²) in [4.78, 5) is 38.7. The molecule has 6 rings (SSSR count). The average molecular weight is 576 g/mol. The van der Waals surface area contributed by atoms with Gasteiger partial charge in [0.2, 0.25) is 0 Å². The molecule has 40 heavy (non-hydrogen) atoms. The van der Waals surface area contributed by atoms with E-state index in [9.17, 15) is 14.4 Å². The fraction of sp³-hybridized carbons (Fsp3) is 0. The Hall–Kier alpha value is -4.43. The third kappa shape index (κ3) is 4.86. The lowest BCUT2D eigenvalue weighted by Gasteiger charge is -2.26. The van der Waals surface area contributed by atoms with Gasteiger partial charge in [-0.15, -0.1) is 34.0 Å². The second kappa shape index (κ2) is 11.4. The van der Waals surface area contributed by atoms with Gasteiger partial charge in [0.1, 0.15) is 0 Å². The van der Waals surface area contributed by atoms with Crippen molar-refractivity contribution >= 4 is 69.9 Å². The topological polar surface area (TPSA) is 54.5 Å². The predicted octanol–water partition coefficient (Wildman–Crippen LogP) is 9.78. The molecule has 0 atom stereocenters. The number of rotatable bonds is 9. The minimum Gasteiger partial charge on any atom is -0.311 e. The minimum absolute atomic E-state index is 0.710. The van der Waals surface area contributed by atoms with Crippen molar-refractivity contribution in [3.05, 3.63) is 122 Å². The highest BCUT2D eigenvalue weighted by Crippen LogP contribution is 2.39. The molecule has 7 heteroatoms. The highest BCUT2D eigenvalue weighted by molar-refractivity contribution is 7.12. The maximum atomic E-state index is 11.5. The summed E-state index contributed by atoms with van der Waals surface area (Å²) in [6.45, 7) is 0. The quantitative estimate of drug-likeness (QED) is 0.161. The van der Waals surface area contributed by atoms with Gasteiger partial charge in [0, 0.05) is 33.8 Å². The van der Waals surface area contributed by atoms with Gasteiger partial charge >= 0.3 is 0 Å². The van der Waals surface area contributed by atoms with E-state index in [1.807, 2.05) is 70.7 Å². The zero-order valence-corrected chi connectivity index (χ0v) is 23.5. The lowest BCUT2D eigenvalue weighted by Crippen LogP contribution is -2.09. The first-order chi connectivity index (χ1) is 19.7. The van der Waals surface area contributed by atoms with E-state index in [0.717, 1.165) is 69.3 Å². The van der Waals surface area contributed by atoms with Crippen LogP contribution in [-0.4, -0.2) is 18.9 Å². The van der Waals surface area contributed by atoms with Crippen LogP contribution in [0.25, 0.3) is 33.4 Å². The molecule has 3 aromatic carbocycles. The van der Waals surface area contributed by atoms with Crippen molar-refractivity contribution in [3.8, 4) is 33.4 Å². The number of carbonyl (C=O) groups is 3. The van der Waals surface area contributed by atoms with Crippen molar-refractivity contribution in [1.82, 2.24) is 0 Å².